The van der Waals surface area contributed by atoms with Crippen LogP contribution in [0.3, 0.4) is 0 Å². The third-order valence-corrected chi connectivity index (χ3v) is 3.86. The van der Waals surface area contributed by atoms with E-state index in [-0.39, 0.29) is 17.6 Å². The Kier molecular flexibility index (Phi) is 3.08. The van der Waals surface area contributed by atoms with E-state index >= 15 is 0 Å². The van der Waals surface area contributed by atoms with Crippen molar-refractivity contribution < 1.29 is 5.11 Å². The average molecular weight is 260 g/mol. The lowest BCUT2D eigenvalue weighted by Crippen LogP contribution is -2.56. The predicted molar refractivity (Wildman–Crippen MR) is 68.3 cm³/mol. The van der Waals surface area contributed by atoms with E-state index in [4.69, 9.17) is 23.2 Å². The molecule has 2 atom stereocenters. The molecule has 1 aromatic rings. The van der Waals surface area contributed by atoms with E-state index < -0.39 is 0 Å². The highest BCUT2D eigenvalue weighted by atomic mass is 35.5. The molecule has 1 saturated carbocycles. The predicted octanol–water partition coefficient (Wildman–Crippen LogP) is 3.56. The number of rotatable bonds is 2. The van der Waals surface area contributed by atoms with Gasteiger partial charge in [-0.1, -0.05) is 37.0 Å². The number of nitrogens with one attached hydrogen (secondary N) is 1. The second-order valence-corrected chi connectivity index (χ2v) is 5.80. The van der Waals surface area contributed by atoms with Crippen LogP contribution >= 0.6 is 23.2 Å². The molecule has 0 aliphatic heterocycles. The molecule has 2 rings (SSSR count). The molecule has 4 heteroatoms. The number of anilines is 1. The molecule has 2 unspecified atom stereocenters. The summed E-state index contributed by atoms with van der Waals surface area (Å²) in [6.45, 7) is 4.09. The van der Waals surface area contributed by atoms with E-state index in [1.165, 1.54) is 0 Å². The van der Waals surface area contributed by atoms with Crippen molar-refractivity contribution in [1.82, 2.24) is 0 Å². The van der Waals surface area contributed by atoms with Gasteiger partial charge in [0.1, 0.15) is 0 Å². The molecule has 88 valence electrons. The lowest BCUT2D eigenvalue weighted by molar-refractivity contribution is -0.0510. The molecular weight excluding hydrogens is 245 g/mol. The zero-order valence-electron chi connectivity index (χ0n) is 9.30. The number of halogens is 2. The summed E-state index contributed by atoms with van der Waals surface area (Å²) in [5.41, 5.74) is 0.803. The third kappa shape index (κ3) is 2.15. The Hall–Kier alpha value is -0.440. The molecule has 2 N–H and O–H groups in total. The van der Waals surface area contributed by atoms with E-state index in [0.29, 0.717) is 10.0 Å². The monoisotopic (exact) mass is 259 g/mol. The minimum Gasteiger partial charge on any atom is -0.392 e. The summed E-state index contributed by atoms with van der Waals surface area (Å²) in [7, 11) is 0. The summed E-state index contributed by atoms with van der Waals surface area (Å²) in [5, 5.41) is 14.2. The molecule has 16 heavy (non-hydrogen) atoms. The summed E-state index contributed by atoms with van der Waals surface area (Å²) < 4.78 is 0. The van der Waals surface area contributed by atoms with Crippen molar-refractivity contribution in [3.05, 3.63) is 28.2 Å². The summed E-state index contributed by atoms with van der Waals surface area (Å²) in [5.74, 6) is 0. The zero-order valence-corrected chi connectivity index (χ0v) is 10.8. The average Bonchev–Trinajstić information content (AvgIpc) is 2.15. The lowest BCUT2D eigenvalue weighted by Gasteiger charge is -2.49. The van der Waals surface area contributed by atoms with Gasteiger partial charge in [0.15, 0.2) is 0 Å². The molecule has 0 amide bonds. The molecule has 0 heterocycles. The standard InChI is InChI=1S/C12H15Cl2NO/c1-12(2)10(6-11(12)16)15-9-4-7(13)3-8(14)5-9/h3-5,10-11,15-16H,6H2,1-2H3. The Balaban J connectivity index is 2.11. The van der Waals surface area contributed by atoms with Crippen molar-refractivity contribution in [3.63, 3.8) is 0 Å². The van der Waals surface area contributed by atoms with Crippen LogP contribution in [0.4, 0.5) is 5.69 Å². The van der Waals surface area contributed by atoms with Gasteiger partial charge in [-0.25, -0.2) is 0 Å². The molecule has 0 radical (unpaired) electrons. The zero-order chi connectivity index (χ0) is 11.9. The van der Waals surface area contributed by atoms with Gasteiger partial charge in [-0.2, -0.15) is 0 Å². The second kappa shape index (κ2) is 4.10. The van der Waals surface area contributed by atoms with Gasteiger partial charge in [0.05, 0.1) is 6.10 Å². The first-order valence-electron chi connectivity index (χ1n) is 5.30. The van der Waals surface area contributed by atoms with Crippen molar-refractivity contribution in [3.8, 4) is 0 Å². The maximum Gasteiger partial charge on any atom is 0.0630 e. The molecule has 1 aromatic carbocycles. The maximum absolute atomic E-state index is 9.64. The molecule has 0 saturated heterocycles. The minimum absolute atomic E-state index is 0.102. The van der Waals surface area contributed by atoms with Gasteiger partial charge in [0, 0.05) is 27.2 Å². The van der Waals surface area contributed by atoms with Crippen molar-refractivity contribution in [2.45, 2.75) is 32.4 Å². The number of hydrogen-bond donors (Lipinski definition) is 2. The fourth-order valence-electron chi connectivity index (χ4n) is 1.99. The van der Waals surface area contributed by atoms with Crippen LogP contribution in [0.15, 0.2) is 18.2 Å². The quantitative estimate of drug-likeness (QED) is 0.852. The molecule has 0 bridgehead atoms. The van der Waals surface area contributed by atoms with E-state index in [9.17, 15) is 5.11 Å². The normalized spacial score (nSPS) is 27.3. The first kappa shape index (κ1) is 12.0. The summed E-state index contributed by atoms with van der Waals surface area (Å²) in [6, 6.07) is 5.65. The van der Waals surface area contributed by atoms with Crippen molar-refractivity contribution in [2.24, 2.45) is 5.41 Å². The molecule has 2 nitrogen and oxygen atoms in total. The van der Waals surface area contributed by atoms with Crippen molar-refractivity contribution in [1.29, 1.82) is 0 Å². The SMILES string of the molecule is CC1(C)C(O)CC1Nc1cc(Cl)cc(Cl)c1. The van der Waals surface area contributed by atoms with Crippen LogP contribution in [0.25, 0.3) is 0 Å². The molecule has 1 fully saturated rings. The number of benzene rings is 1. The fourth-order valence-corrected chi connectivity index (χ4v) is 2.51. The minimum atomic E-state index is -0.236. The molecule has 0 aromatic heterocycles. The number of aliphatic hydroxyl groups excluding tert-OH is 1. The Morgan fingerprint density at radius 1 is 1.25 bits per heavy atom. The van der Waals surface area contributed by atoms with Gasteiger partial charge in [0.2, 0.25) is 0 Å². The fraction of sp³-hybridized carbons (Fsp3) is 0.500. The highest BCUT2D eigenvalue weighted by molar-refractivity contribution is 6.35. The Morgan fingerprint density at radius 2 is 1.81 bits per heavy atom. The molecular formula is C12H15Cl2NO. The highest BCUT2D eigenvalue weighted by Crippen LogP contribution is 2.42. The van der Waals surface area contributed by atoms with Gasteiger partial charge in [-0.3, -0.25) is 0 Å². The van der Waals surface area contributed by atoms with Gasteiger partial charge < -0.3 is 10.4 Å². The Morgan fingerprint density at radius 3 is 2.25 bits per heavy atom. The van der Waals surface area contributed by atoms with E-state index in [0.717, 1.165) is 12.1 Å². The second-order valence-electron chi connectivity index (χ2n) is 4.93. The van der Waals surface area contributed by atoms with Crippen molar-refractivity contribution in [2.75, 3.05) is 5.32 Å². The van der Waals surface area contributed by atoms with Crippen molar-refractivity contribution >= 4 is 28.9 Å². The summed E-state index contributed by atoms with van der Waals surface area (Å²) >= 11 is 11.8. The van der Waals surface area contributed by atoms with Crippen LogP contribution in [-0.4, -0.2) is 17.3 Å². The number of aliphatic hydroxyl groups is 1. The van der Waals surface area contributed by atoms with E-state index in [1.54, 1.807) is 6.07 Å². The highest BCUT2D eigenvalue weighted by Gasteiger charge is 2.47. The summed E-state index contributed by atoms with van der Waals surface area (Å²) in [4.78, 5) is 0. The molecule has 1 aliphatic carbocycles. The van der Waals surface area contributed by atoms with Gasteiger partial charge in [-0.05, 0) is 24.6 Å². The van der Waals surface area contributed by atoms with Crippen LogP contribution in [0, 0.1) is 5.41 Å². The first-order valence-corrected chi connectivity index (χ1v) is 6.06. The number of hydrogen-bond acceptors (Lipinski definition) is 2. The Bertz CT molecular complexity index is 386. The van der Waals surface area contributed by atoms with Crippen LogP contribution in [0.2, 0.25) is 10.0 Å². The third-order valence-electron chi connectivity index (χ3n) is 3.42. The van der Waals surface area contributed by atoms with E-state index in [1.807, 2.05) is 26.0 Å². The van der Waals surface area contributed by atoms with Crippen LogP contribution in [0.5, 0.6) is 0 Å². The van der Waals surface area contributed by atoms with Crippen LogP contribution in [-0.2, 0) is 0 Å². The lowest BCUT2D eigenvalue weighted by atomic mass is 9.64. The van der Waals surface area contributed by atoms with Gasteiger partial charge in [0.25, 0.3) is 0 Å². The summed E-state index contributed by atoms with van der Waals surface area (Å²) in [6.07, 6.45) is 0.525. The topological polar surface area (TPSA) is 32.3 Å². The van der Waals surface area contributed by atoms with Gasteiger partial charge in [-0.15, -0.1) is 0 Å². The molecule has 1 aliphatic rings. The van der Waals surface area contributed by atoms with Crippen LogP contribution < -0.4 is 5.32 Å². The van der Waals surface area contributed by atoms with Crippen LogP contribution in [0.1, 0.15) is 20.3 Å². The smallest absolute Gasteiger partial charge is 0.0630 e. The molecule has 0 spiro atoms. The van der Waals surface area contributed by atoms with E-state index in [2.05, 4.69) is 5.32 Å². The largest absolute Gasteiger partial charge is 0.392 e. The maximum atomic E-state index is 9.64. The Labute approximate surface area is 106 Å². The van der Waals surface area contributed by atoms with Gasteiger partial charge >= 0.3 is 0 Å². The first-order chi connectivity index (χ1) is 7.39.